The average molecular weight is 338 g/mol. The Balaban J connectivity index is 2.43. The molecular formula is C12H12BrN5O2. The predicted octanol–water partition coefficient (Wildman–Crippen LogP) is 3.09. The first-order chi connectivity index (χ1) is 9.51. The molecule has 2 aromatic rings. The van der Waals surface area contributed by atoms with Crippen LogP contribution in [0.1, 0.15) is 5.56 Å². The number of aryl methyl sites for hydroxylation is 1. The lowest BCUT2D eigenvalue weighted by molar-refractivity contribution is -0.384. The van der Waals surface area contributed by atoms with Crippen molar-refractivity contribution < 1.29 is 4.92 Å². The number of hydrazine groups is 1. The van der Waals surface area contributed by atoms with Gasteiger partial charge in [-0.15, -0.1) is 0 Å². The van der Waals surface area contributed by atoms with E-state index in [1.807, 2.05) is 25.1 Å². The summed E-state index contributed by atoms with van der Waals surface area (Å²) >= 11 is 3.36. The van der Waals surface area contributed by atoms with Gasteiger partial charge in [0.15, 0.2) is 0 Å². The quantitative estimate of drug-likeness (QED) is 0.449. The topological polar surface area (TPSA) is 106 Å². The SMILES string of the molecule is Cc1cc(Br)ccc1Nc1nc(NN)ccc1[N+](=O)[O-]. The Kier molecular flexibility index (Phi) is 4.16. The summed E-state index contributed by atoms with van der Waals surface area (Å²) < 4.78 is 0.931. The number of anilines is 3. The van der Waals surface area contributed by atoms with Gasteiger partial charge in [0.2, 0.25) is 5.82 Å². The van der Waals surface area contributed by atoms with E-state index in [2.05, 4.69) is 31.7 Å². The maximum atomic E-state index is 11.0. The fourth-order valence-electron chi connectivity index (χ4n) is 1.67. The number of pyridine rings is 1. The number of nitrogens with two attached hydrogens (primary N) is 1. The van der Waals surface area contributed by atoms with E-state index in [4.69, 9.17) is 5.84 Å². The number of rotatable bonds is 4. The Bertz CT molecular complexity index is 662. The molecule has 0 amide bonds. The molecule has 2 rings (SSSR count). The number of nitrogen functional groups attached to an aromatic ring is 1. The number of nitrogens with one attached hydrogen (secondary N) is 2. The average Bonchev–Trinajstić information content (AvgIpc) is 2.41. The Hall–Kier alpha value is -2.19. The molecule has 0 unspecified atom stereocenters. The molecule has 0 saturated heterocycles. The highest BCUT2D eigenvalue weighted by molar-refractivity contribution is 9.10. The van der Waals surface area contributed by atoms with E-state index in [0.29, 0.717) is 5.82 Å². The second kappa shape index (κ2) is 5.85. The lowest BCUT2D eigenvalue weighted by Gasteiger charge is -2.10. The molecule has 20 heavy (non-hydrogen) atoms. The predicted molar refractivity (Wildman–Crippen MR) is 80.9 cm³/mol. The number of benzene rings is 1. The van der Waals surface area contributed by atoms with Gasteiger partial charge in [0.1, 0.15) is 5.82 Å². The molecule has 0 aliphatic carbocycles. The Morgan fingerprint density at radius 3 is 2.70 bits per heavy atom. The van der Waals surface area contributed by atoms with E-state index >= 15 is 0 Å². The van der Waals surface area contributed by atoms with Crippen molar-refractivity contribution in [2.24, 2.45) is 5.84 Å². The molecule has 1 aromatic heterocycles. The molecular weight excluding hydrogens is 326 g/mol. The van der Waals surface area contributed by atoms with Crippen molar-refractivity contribution in [1.29, 1.82) is 0 Å². The normalized spacial score (nSPS) is 10.2. The third kappa shape index (κ3) is 3.03. The van der Waals surface area contributed by atoms with Crippen molar-refractivity contribution in [3.8, 4) is 0 Å². The van der Waals surface area contributed by atoms with Crippen LogP contribution in [-0.2, 0) is 0 Å². The first-order valence-corrected chi connectivity index (χ1v) is 6.46. The molecule has 7 nitrogen and oxygen atoms in total. The zero-order valence-corrected chi connectivity index (χ0v) is 12.1. The van der Waals surface area contributed by atoms with Crippen molar-refractivity contribution >= 4 is 38.9 Å². The first kappa shape index (κ1) is 14.2. The van der Waals surface area contributed by atoms with Crippen molar-refractivity contribution in [3.63, 3.8) is 0 Å². The Labute approximate surface area is 123 Å². The summed E-state index contributed by atoms with van der Waals surface area (Å²) in [4.78, 5) is 14.6. The van der Waals surface area contributed by atoms with Gasteiger partial charge in [-0.25, -0.2) is 10.8 Å². The first-order valence-electron chi connectivity index (χ1n) is 5.66. The van der Waals surface area contributed by atoms with E-state index in [9.17, 15) is 10.1 Å². The van der Waals surface area contributed by atoms with Crippen LogP contribution in [0.5, 0.6) is 0 Å². The second-order valence-electron chi connectivity index (χ2n) is 4.05. The van der Waals surface area contributed by atoms with Crippen LogP contribution in [0.2, 0.25) is 0 Å². The highest BCUT2D eigenvalue weighted by Gasteiger charge is 2.16. The van der Waals surface area contributed by atoms with Gasteiger partial charge in [-0.05, 0) is 36.8 Å². The number of nitrogens with zero attached hydrogens (tertiary/aromatic N) is 2. The summed E-state index contributed by atoms with van der Waals surface area (Å²) in [6, 6.07) is 8.34. The van der Waals surface area contributed by atoms with Gasteiger partial charge in [-0.1, -0.05) is 15.9 Å². The molecule has 0 bridgehead atoms. The molecule has 8 heteroatoms. The maximum absolute atomic E-state index is 11.0. The summed E-state index contributed by atoms with van der Waals surface area (Å²) in [6.07, 6.45) is 0. The molecule has 0 atom stereocenters. The lowest BCUT2D eigenvalue weighted by atomic mass is 10.2. The van der Waals surface area contributed by atoms with Gasteiger partial charge in [0.05, 0.1) is 4.92 Å². The Morgan fingerprint density at radius 2 is 2.10 bits per heavy atom. The minimum Gasteiger partial charge on any atom is -0.334 e. The lowest BCUT2D eigenvalue weighted by Crippen LogP contribution is -2.10. The monoisotopic (exact) mass is 337 g/mol. The zero-order chi connectivity index (χ0) is 14.7. The van der Waals surface area contributed by atoms with Crippen molar-refractivity contribution in [3.05, 3.63) is 50.5 Å². The highest BCUT2D eigenvalue weighted by Crippen LogP contribution is 2.29. The molecule has 0 radical (unpaired) electrons. The number of nitro groups is 1. The van der Waals surface area contributed by atoms with Gasteiger partial charge in [-0.2, -0.15) is 0 Å². The fourth-order valence-corrected chi connectivity index (χ4v) is 2.14. The zero-order valence-electron chi connectivity index (χ0n) is 10.6. The summed E-state index contributed by atoms with van der Waals surface area (Å²) in [6.45, 7) is 1.89. The van der Waals surface area contributed by atoms with Crippen molar-refractivity contribution in [2.45, 2.75) is 6.92 Å². The molecule has 0 spiro atoms. The Morgan fingerprint density at radius 1 is 1.35 bits per heavy atom. The number of hydrogen-bond donors (Lipinski definition) is 3. The summed E-state index contributed by atoms with van der Waals surface area (Å²) in [7, 11) is 0. The van der Waals surface area contributed by atoms with E-state index in [-0.39, 0.29) is 11.5 Å². The van der Waals surface area contributed by atoms with Crippen LogP contribution in [0.15, 0.2) is 34.8 Å². The van der Waals surface area contributed by atoms with Crippen LogP contribution in [-0.4, -0.2) is 9.91 Å². The van der Waals surface area contributed by atoms with Crippen LogP contribution in [0.3, 0.4) is 0 Å². The minimum absolute atomic E-state index is 0.119. The number of hydrogen-bond acceptors (Lipinski definition) is 6. The van der Waals surface area contributed by atoms with Gasteiger partial charge < -0.3 is 10.7 Å². The molecule has 0 fully saturated rings. The van der Waals surface area contributed by atoms with E-state index < -0.39 is 4.92 Å². The van der Waals surface area contributed by atoms with Crippen LogP contribution in [0.4, 0.5) is 23.0 Å². The van der Waals surface area contributed by atoms with Gasteiger partial charge >= 0.3 is 5.69 Å². The van der Waals surface area contributed by atoms with Gasteiger partial charge in [-0.3, -0.25) is 10.1 Å². The highest BCUT2D eigenvalue weighted by atomic mass is 79.9. The van der Waals surface area contributed by atoms with Crippen molar-refractivity contribution in [2.75, 3.05) is 10.7 Å². The van der Waals surface area contributed by atoms with Crippen LogP contribution in [0, 0.1) is 17.0 Å². The number of aromatic nitrogens is 1. The molecule has 0 aliphatic heterocycles. The molecule has 0 saturated carbocycles. The van der Waals surface area contributed by atoms with Crippen LogP contribution in [0.25, 0.3) is 0 Å². The summed E-state index contributed by atoms with van der Waals surface area (Å²) in [5, 5.41) is 14.0. The standard InChI is InChI=1S/C12H12BrN5O2/c1-7-6-8(13)2-3-9(7)15-12-10(18(19)20)4-5-11(16-12)17-14/h2-6H,14H2,1H3,(H2,15,16,17). The molecule has 0 aliphatic rings. The van der Waals surface area contributed by atoms with Crippen LogP contribution < -0.4 is 16.6 Å². The molecule has 4 N–H and O–H groups in total. The van der Waals surface area contributed by atoms with Gasteiger partial charge in [0, 0.05) is 16.2 Å². The molecule has 104 valence electrons. The van der Waals surface area contributed by atoms with Crippen molar-refractivity contribution in [1.82, 2.24) is 4.98 Å². The fraction of sp³-hybridized carbons (Fsp3) is 0.0833. The van der Waals surface area contributed by atoms with E-state index in [1.54, 1.807) is 0 Å². The summed E-state index contributed by atoms with van der Waals surface area (Å²) in [5.41, 5.74) is 3.91. The molecule has 1 aromatic carbocycles. The van der Waals surface area contributed by atoms with E-state index in [0.717, 1.165) is 15.7 Å². The van der Waals surface area contributed by atoms with Crippen LogP contribution >= 0.6 is 15.9 Å². The third-order valence-corrected chi connectivity index (χ3v) is 3.15. The number of halogens is 1. The molecule has 1 heterocycles. The summed E-state index contributed by atoms with van der Waals surface area (Å²) in [5.74, 6) is 5.75. The largest absolute Gasteiger partial charge is 0.334 e. The third-order valence-electron chi connectivity index (χ3n) is 2.66. The maximum Gasteiger partial charge on any atom is 0.311 e. The second-order valence-corrected chi connectivity index (χ2v) is 4.97. The smallest absolute Gasteiger partial charge is 0.311 e. The van der Waals surface area contributed by atoms with E-state index in [1.165, 1.54) is 12.1 Å². The minimum atomic E-state index is -0.496. The van der Waals surface area contributed by atoms with Gasteiger partial charge in [0.25, 0.3) is 0 Å².